The maximum Gasteiger partial charge on any atom is 0.264 e. The van der Waals surface area contributed by atoms with E-state index in [0.29, 0.717) is 15.9 Å². The monoisotopic (exact) mass is 478 g/mol. The Morgan fingerprint density at radius 3 is 2.61 bits per heavy atom. The summed E-state index contributed by atoms with van der Waals surface area (Å²) in [5.74, 6) is 0.451. The minimum atomic E-state index is -0.250. The minimum Gasteiger partial charge on any atom is -0.483 e. The zero-order valence-electron chi connectivity index (χ0n) is 15.8. The number of hydrogen-bond donors (Lipinski definition) is 1. The topological polar surface area (TPSA) is 51.2 Å². The summed E-state index contributed by atoms with van der Waals surface area (Å²) in [4.78, 5) is 16.8. The summed E-state index contributed by atoms with van der Waals surface area (Å²) in [7, 11) is 0. The first-order valence-corrected chi connectivity index (χ1v) is 10.7. The summed E-state index contributed by atoms with van der Waals surface area (Å²) in [5, 5.41) is 5.89. The number of rotatable bonds is 5. The molecule has 0 spiro atoms. The van der Waals surface area contributed by atoms with Gasteiger partial charge in [-0.2, -0.15) is 0 Å². The number of halogens is 2. The molecule has 1 amide bonds. The van der Waals surface area contributed by atoms with Gasteiger partial charge in [-0.05, 0) is 35.7 Å². The molecule has 3 aromatic rings. The van der Waals surface area contributed by atoms with Crippen LogP contribution >= 0.6 is 38.9 Å². The van der Waals surface area contributed by atoms with E-state index in [2.05, 4.69) is 47.0 Å². The highest BCUT2D eigenvalue weighted by molar-refractivity contribution is 9.10. The van der Waals surface area contributed by atoms with E-state index in [1.807, 2.05) is 47.8 Å². The number of carbonyl (C=O) groups is 1. The number of anilines is 1. The average molecular weight is 480 g/mol. The Balaban J connectivity index is 1.64. The van der Waals surface area contributed by atoms with Gasteiger partial charge in [0, 0.05) is 26.0 Å². The second kappa shape index (κ2) is 8.64. The van der Waals surface area contributed by atoms with E-state index >= 15 is 0 Å². The van der Waals surface area contributed by atoms with Crippen LogP contribution in [0.3, 0.4) is 0 Å². The number of nitrogens with zero attached hydrogens (tertiary/aromatic N) is 1. The van der Waals surface area contributed by atoms with E-state index in [0.717, 1.165) is 21.3 Å². The van der Waals surface area contributed by atoms with Crippen LogP contribution in [-0.2, 0) is 10.2 Å². The van der Waals surface area contributed by atoms with E-state index in [1.54, 1.807) is 0 Å². The van der Waals surface area contributed by atoms with Crippen LogP contribution in [0.25, 0.3) is 11.3 Å². The summed E-state index contributed by atoms with van der Waals surface area (Å²) < 4.78 is 6.77. The fourth-order valence-corrected chi connectivity index (χ4v) is 3.82. The second-order valence-corrected chi connectivity index (χ2v) is 9.48. The van der Waals surface area contributed by atoms with E-state index < -0.39 is 0 Å². The molecule has 7 heteroatoms. The Morgan fingerprint density at radius 2 is 1.93 bits per heavy atom. The van der Waals surface area contributed by atoms with Crippen LogP contribution in [0.2, 0.25) is 5.02 Å². The summed E-state index contributed by atoms with van der Waals surface area (Å²) >= 11 is 10.8. The molecule has 0 saturated carbocycles. The van der Waals surface area contributed by atoms with Crippen LogP contribution in [0.15, 0.2) is 52.3 Å². The van der Waals surface area contributed by atoms with Gasteiger partial charge < -0.3 is 4.74 Å². The molecular formula is C21H20BrClN2O2S. The zero-order chi connectivity index (χ0) is 20.3. The van der Waals surface area contributed by atoms with E-state index in [1.165, 1.54) is 11.3 Å². The van der Waals surface area contributed by atoms with Crippen molar-refractivity contribution in [2.75, 3.05) is 11.9 Å². The highest BCUT2D eigenvalue weighted by atomic mass is 79.9. The Kier molecular flexibility index (Phi) is 6.43. The van der Waals surface area contributed by atoms with E-state index in [9.17, 15) is 4.79 Å². The van der Waals surface area contributed by atoms with E-state index in [-0.39, 0.29) is 17.9 Å². The normalized spacial score (nSPS) is 11.3. The highest BCUT2D eigenvalue weighted by Gasteiger charge is 2.20. The van der Waals surface area contributed by atoms with Crippen molar-refractivity contribution in [3.8, 4) is 17.0 Å². The number of hydrogen-bond acceptors (Lipinski definition) is 4. The molecule has 0 atom stereocenters. The Labute approximate surface area is 182 Å². The van der Waals surface area contributed by atoms with Gasteiger partial charge in [0.25, 0.3) is 5.91 Å². The standard InChI is InChI=1S/C21H20BrClN2O2S/c1-21(2,3)16-10-14(22)6-9-18(16)27-11-19(26)25-20-24-17(12-28-20)13-4-7-15(23)8-5-13/h4-10,12H,11H2,1-3H3,(H,24,25,26). The number of benzene rings is 2. The molecule has 0 aliphatic rings. The fourth-order valence-electron chi connectivity index (χ4n) is 2.60. The molecule has 0 aliphatic carbocycles. The maximum absolute atomic E-state index is 12.3. The lowest BCUT2D eigenvalue weighted by Gasteiger charge is -2.23. The molecule has 28 heavy (non-hydrogen) atoms. The minimum absolute atomic E-state index is 0.0828. The summed E-state index contributed by atoms with van der Waals surface area (Å²) in [6, 6.07) is 13.2. The third kappa shape index (κ3) is 5.34. The predicted octanol–water partition coefficient (Wildman–Crippen LogP) is 6.54. The summed E-state index contributed by atoms with van der Waals surface area (Å²) in [6.45, 7) is 6.24. The van der Waals surface area contributed by atoms with Gasteiger partial charge in [0.2, 0.25) is 0 Å². The molecule has 0 fully saturated rings. The lowest BCUT2D eigenvalue weighted by atomic mass is 9.86. The van der Waals surface area contributed by atoms with E-state index in [4.69, 9.17) is 16.3 Å². The van der Waals surface area contributed by atoms with Crippen LogP contribution in [0.1, 0.15) is 26.3 Å². The van der Waals surface area contributed by atoms with Gasteiger partial charge in [-0.25, -0.2) is 4.98 Å². The number of carbonyl (C=O) groups excluding carboxylic acids is 1. The summed E-state index contributed by atoms with van der Waals surface area (Å²) in [6.07, 6.45) is 0. The molecular weight excluding hydrogens is 460 g/mol. The van der Waals surface area contributed by atoms with Gasteiger partial charge in [-0.1, -0.05) is 60.4 Å². The molecule has 0 aliphatic heterocycles. The highest BCUT2D eigenvalue weighted by Crippen LogP contribution is 2.33. The lowest BCUT2D eigenvalue weighted by Crippen LogP contribution is -2.22. The Morgan fingerprint density at radius 1 is 1.21 bits per heavy atom. The first-order chi connectivity index (χ1) is 13.2. The zero-order valence-corrected chi connectivity index (χ0v) is 18.9. The van der Waals surface area contributed by atoms with Crippen molar-refractivity contribution < 1.29 is 9.53 Å². The molecule has 4 nitrogen and oxygen atoms in total. The molecule has 146 valence electrons. The first-order valence-electron chi connectivity index (χ1n) is 8.66. The van der Waals surface area contributed by atoms with Crippen LogP contribution < -0.4 is 10.1 Å². The van der Waals surface area contributed by atoms with Gasteiger partial charge in [-0.3, -0.25) is 10.1 Å². The molecule has 1 heterocycles. The van der Waals surface area contributed by atoms with Gasteiger partial charge >= 0.3 is 0 Å². The third-order valence-electron chi connectivity index (χ3n) is 4.00. The Bertz CT molecular complexity index is 981. The van der Waals surface area contributed by atoms with Gasteiger partial charge in [0.1, 0.15) is 5.75 Å². The van der Waals surface area contributed by atoms with Crippen molar-refractivity contribution >= 4 is 49.9 Å². The third-order valence-corrected chi connectivity index (χ3v) is 5.50. The SMILES string of the molecule is CC(C)(C)c1cc(Br)ccc1OCC(=O)Nc1nc(-c2ccc(Cl)cc2)cs1. The fraction of sp³-hybridized carbons (Fsp3) is 0.238. The molecule has 0 unspecified atom stereocenters. The largest absolute Gasteiger partial charge is 0.483 e. The summed E-state index contributed by atoms with van der Waals surface area (Å²) in [5.41, 5.74) is 2.68. The molecule has 3 rings (SSSR count). The maximum atomic E-state index is 12.3. The average Bonchev–Trinajstić information content (AvgIpc) is 3.09. The molecule has 0 radical (unpaired) electrons. The Hall–Kier alpha value is -1.89. The van der Waals surface area contributed by atoms with Crippen molar-refractivity contribution in [2.24, 2.45) is 0 Å². The molecule has 1 N–H and O–H groups in total. The van der Waals surface area contributed by atoms with Gasteiger partial charge in [0.05, 0.1) is 5.69 Å². The van der Waals surface area contributed by atoms with Crippen molar-refractivity contribution in [2.45, 2.75) is 26.2 Å². The van der Waals surface area contributed by atoms with Crippen molar-refractivity contribution in [1.82, 2.24) is 4.98 Å². The molecule has 1 aromatic heterocycles. The smallest absolute Gasteiger partial charge is 0.264 e. The first kappa shape index (κ1) is 20.8. The van der Waals surface area contributed by atoms with Gasteiger partial charge in [0.15, 0.2) is 11.7 Å². The number of nitrogens with one attached hydrogen (secondary N) is 1. The van der Waals surface area contributed by atoms with Crippen LogP contribution in [-0.4, -0.2) is 17.5 Å². The van der Waals surface area contributed by atoms with Crippen LogP contribution in [0.4, 0.5) is 5.13 Å². The molecule has 0 bridgehead atoms. The number of amides is 1. The second-order valence-electron chi connectivity index (χ2n) is 7.27. The van der Waals surface area contributed by atoms with Crippen molar-refractivity contribution in [3.63, 3.8) is 0 Å². The van der Waals surface area contributed by atoms with Crippen molar-refractivity contribution in [3.05, 3.63) is 62.9 Å². The molecule has 0 saturated heterocycles. The number of thiazole rings is 1. The lowest BCUT2D eigenvalue weighted by molar-refractivity contribution is -0.118. The number of aromatic nitrogens is 1. The van der Waals surface area contributed by atoms with Crippen LogP contribution in [0, 0.1) is 0 Å². The van der Waals surface area contributed by atoms with Gasteiger partial charge in [-0.15, -0.1) is 11.3 Å². The van der Waals surface area contributed by atoms with Crippen molar-refractivity contribution in [1.29, 1.82) is 0 Å². The molecule has 2 aromatic carbocycles. The van der Waals surface area contributed by atoms with Crippen LogP contribution in [0.5, 0.6) is 5.75 Å². The number of ether oxygens (including phenoxy) is 1. The quantitative estimate of drug-likeness (QED) is 0.452. The predicted molar refractivity (Wildman–Crippen MR) is 120 cm³/mol.